The summed E-state index contributed by atoms with van der Waals surface area (Å²) in [6.45, 7) is 7.64. The third-order valence-electron chi connectivity index (χ3n) is 2.87. The first-order valence-corrected chi connectivity index (χ1v) is 6.48. The van der Waals surface area contributed by atoms with E-state index in [4.69, 9.17) is 9.47 Å². The summed E-state index contributed by atoms with van der Waals surface area (Å²) in [7, 11) is 0. The van der Waals surface area contributed by atoms with Gasteiger partial charge in [-0.05, 0) is 27.2 Å². The van der Waals surface area contributed by atoms with Gasteiger partial charge in [0.05, 0.1) is 19.3 Å². The second-order valence-electron chi connectivity index (χ2n) is 5.85. The van der Waals surface area contributed by atoms with E-state index in [1.54, 1.807) is 20.8 Å². The van der Waals surface area contributed by atoms with Gasteiger partial charge >= 0.3 is 12.1 Å². The van der Waals surface area contributed by atoms with Crippen LogP contribution in [0.15, 0.2) is 0 Å². The minimum absolute atomic E-state index is 0.123. The summed E-state index contributed by atoms with van der Waals surface area (Å²) >= 11 is 0. The molecular formula is C13H23NO5. The highest BCUT2D eigenvalue weighted by Gasteiger charge is 2.32. The summed E-state index contributed by atoms with van der Waals surface area (Å²) in [5, 5.41) is 9.96. The highest BCUT2D eigenvalue weighted by Crippen LogP contribution is 2.20. The Balaban J connectivity index is 2.44. The SMILES string of the molecule is CC(=O)OC[C@@H]1CCN(C(=O)OC(C)(C)C)C[C@@H]1O. The molecule has 0 aliphatic carbocycles. The van der Waals surface area contributed by atoms with Crippen molar-refractivity contribution in [3.05, 3.63) is 0 Å². The van der Waals surface area contributed by atoms with Crippen LogP contribution in [0.3, 0.4) is 0 Å². The molecular weight excluding hydrogens is 250 g/mol. The van der Waals surface area contributed by atoms with Crippen molar-refractivity contribution in [2.45, 2.75) is 45.8 Å². The van der Waals surface area contributed by atoms with Crippen LogP contribution in [-0.4, -0.2) is 53.5 Å². The number of aliphatic hydroxyl groups excluding tert-OH is 1. The molecule has 110 valence electrons. The zero-order chi connectivity index (χ0) is 14.6. The third kappa shape index (κ3) is 5.46. The van der Waals surface area contributed by atoms with Crippen LogP contribution in [0.4, 0.5) is 4.79 Å². The van der Waals surface area contributed by atoms with Crippen molar-refractivity contribution in [1.82, 2.24) is 4.90 Å². The van der Waals surface area contributed by atoms with Crippen LogP contribution in [0.2, 0.25) is 0 Å². The van der Waals surface area contributed by atoms with Gasteiger partial charge in [0.15, 0.2) is 0 Å². The molecule has 1 N–H and O–H groups in total. The van der Waals surface area contributed by atoms with Crippen molar-refractivity contribution < 1.29 is 24.2 Å². The molecule has 1 fully saturated rings. The predicted molar refractivity (Wildman–Crippen MR) is 68.6 cm³/mol. The molecule has 0 bridgehead atoms. The van der Waals surface area contributed by atoms with Crippen LogP contribution in [0.25, 0.3) is 0 Å². The zero-order valence-electron chi connectivity index (χ0n) is 12.0. The smallest absolute Gasteiger partial charge is 0.410 e. The molecule has 1 aliphatic heterocycles. The van der Waals surface area contributed by atoms with E-state index in [1.807, 2.05) is 0 Å². The largest absolute Gasteiger partial charge is 0.465 e. The number of amides is 1. The zero-order valence-corrected chi connectivity index (χ0v) is 12.0. The summed E-state index contributed by atoms with van der Waals surface area (Å²) in [6, 6.07) is 0. The van der Waals surface area contributed by atoms with Crippen molar-refractivity contribution in [3.63, 3.8) is 0 Å². The van der Waals surface area contributed by atoms with Gasteiger partial charge in [-0.1, -0.05) is 0 Å². The van der Waals surface area contributed by atoms with Gasteiger partial charge in [0.1, 0.15) is 5.60 Å². The molecule has 0 aromatic rings. The molecule has 0 unspecified atom stereocenters. The number of piperidine rings is 1. The van der Waals surface area contributed by atoms with Crippen LogP contribution in [-0.2, 0) is 14.3 Å². The summed E-state index contributed by atoms with van der Waals surface area (Å²) in [5.41, 5.74) is -0.545. The lowest BCUT2D eigenvalue weighted by atomic mass is 9.95. The van der Waals surface area contributed by atoms with Gasteiger partial charge in [0, 0.05) is 19.4 Å². The lowest BCUT2D eigenvalue weighted by Gasteiger charge is -2.36. The van der Waals surface area contributed by atoms with Crippen molar-refractivity contribution in [2.24, 2.45) is 5.92 Å². The van der Waals surface area contributed by atoms with Gasteiger partial charge in [-0.15, -0.1) is 0 Å². The van der Waals surface area contributed by atoms with E-state index in [9.17, 15) is 14.7 Å². The number of aliphatic hydroxyl groups is 1. The molecule has 2 atom stereocenters. The van der Waals surface area contributed by atoms with E-state index in [0.29, 0.717) is 13.0 Å². The topological polar surface area (TPSA) is 76.1 Å². The third-order valence-corrected chi connectivity index (χ3v) is 2.87. The highest BCUT2D eigenvalue weighted by atomic mass is 16.6. The minimum atomic E-state index is -0.694. The van der Waals surface area contributed by atoms with Crippen LogP contribution < -0.4 is 0 Å². The summed E-state index contributed by atoms with van der Waals surface area (Å²) in [4.78, 5) is 24.1. The number of carbonyl (C=O) groups is 2. The summed E-state index contributed by atoms with van der Waals surface area (Å²) in [6.07, 6.45) is -0.522. The number of esters is 1. The average Bonchev–Trinajstić information content (AvgIpc) is 2.24. The standard InChI is InChI=1S/C13H23NO5/c1-9(15)18-8-10-5-6-14(7-11(10)16)12(17)19-13(2,3)4/h10-11,16H,5-8H2,1-4H3/t10-,11-/m0/s1. The second-order valence-corrected chi connectivity index (χ2v) is 5.85. The number of carbonyl (C=O) groups excluding carboxylic acids is 2. The number of nitrogens with zero attached hydrogens (tertiary/aromatic N) is 1. The summed E-state index contributed by atoms with van der Waals surface area (Å²) in [5.74, 6) is -0.482. The number of hydrogen-bond acceptors (Lipinski definition) is 5. The van der Waals surface area contributed by atoms with Crippen LogP contribution in [0.1, 0.15) is 34.1 Å². The molecule has 0 aromatic heterocycles. The van der Waals surface area contributed by atoms with Gasteiger partial charge in [0.2, 0.25) is 0 Å². The molecule has 1 aliphatic rings. The molecule has 0 saturated carbocycles. The Kier molecular flexibility index (Phi) is 5.17. The van der Waals surface area contributed by atoms with Crippen LogP contribution in [0, 0.1) is 5.92 Å². The van der Waals surface area contributed by atoms with Gasteiger partial charge in [-0.25, -0.2) is 4.79 Å². The molecule has 1 rings (SSSR count). The Morgan fingerprint density at radius 1 is 1.37 bits per heavy atom. The Labute approximate surface area is 113 Å². The second kappa shape index (κ2) is 6.23. The Bertz CT molecular complexity index is 336. The first-order chi connectivity index (χ1) is 8.69. The van der Waals surface area contributed by atoms with E-state index in [0.717, 1.165) is 0 Å². The number of β-amino-alcohol motifs (C(OH)–C–C–N with tert-alkyl or cyclic N) is 1. The fourth-order valence-corrected chi connectivity index (χ4v) is 1.89. The molecule has 0 radical (unpaired) electrons. The summed E-state index contributed by atoms with van der Waals surface area (Å²) < 4.78 is 10.1. The van der Waals surface area contributed by atoms with E-state index in [2.05, 4.69) is 0 Å². The molecule has 6 nitrogen and oxygen atoms in total. The maximum atomic E-state index is 11.8. The van der Waals surface area contributed by atoms with Gasteiger partial charge in [0.25, 0.3) is 0 Å². The van der Waals surface area contributed by atoms with E-state index in [1.165, 1.54) is 11.8 Å². The average molecular weight is 273 g/mol. The number of ether oxygens (including phenoxy) is 2. The van der Waals surface area contributed by atoms with Crippen LogP contribution >= 0.6 is 0 Å². The fraction of sp³-hybridized carbons (Fsp3) is 0.846. The van der Waals surface area contributed by atoms with Gasteiger partial charge < -0.3 is 19.5 Å². The molecule has 0 spiro atoms. The lowest BCUT2D eigenvalue weighted by molar-refractivity contribution is -0.144. The van der Waals surface area contributed by atoms with E-state index < -0.39 is 17.8 Å². The first kappa shape index (κ1) is 15.8. The maximum absolute atomic E-state index is 11.8. The molecule has 1 heterocycles. The minimum Gasteiger partial charge on any atom is -0.465 e. The van der Waals surface area contributed by atoms with E-state index >= 15 is 0 Å². The molecule has 0 aromatic carbocycles. The van der Waals surface area contributed by atoms with Gasteiger partial charge in [-0.3, -0.25) is 4.79 Å². The lowest BCUT2D eigenvalue weighted by Crippen LogP contribution is -2.49. The highest BCUT2D eigenvalue weighted by molar-refractivity contribution is 5.68. The Morgan fingerprint density at radius 2 is 2.00 bits per heavy atom. The molecule has 1 amide bonds. The maximum Gasteiger partial charge on any atom is 0.410 e. The predicted octanol–water partition coefficient (Wildman–Crippen LogP) is 1.17. The first-order valence-electron chi connectivity index (χ1n) is 6.48. The number of hydrogen-bond donors (Lipinski definition) is 1. The number of rotatable bonds is 2. The monoisotopic (exact) mass is 273 g/mol. The normalized spacial score (nSPS) is 23.9. The Hall–Kier alpha value is -1.30. The Morgan fingerprint density at radius 3 is 2.47 bits per heavy atom. The molecule has 19 heavy (non-hydrogen) atoms. The molecule has 1 saturated heterocycles. The van der Waals surface area contributed by atoms with Crippen molar-refractivity contribution in [3.8, 4) is 0 Å². The van der Waals surface area contributed by atoms with Crippen LogP contribution in [0.5, 0.6) is 0 Å². The van der Waals surface area contributed by atoms with Crippen molar-refractivity contribution in [2.75, 3.05) is 19.7 Å². The van der Waals surface area contributed by atoms with E-state index in [-0.39, 0.29) is 25.0 Å². The quantitative estimate of drug-likeness (QED) is 0.764. The van der Waals surface area contributed by atoms with Crippen molar-refractivity contribution >= 4 is 12.1 Å². The molecule has 6 heteroatoms. The number of likely N-dealkylation sites (tertiary alicyclic amines) is 1. The van der Waals surface area contributed by atoms with Crippen molar-refractivity contribution in [1.29, 1.82) is 0 Å². The van der Waals surface area contributed by atoms with Gasteiger partial charge in [-0.2, -0.15) is 0 Å². The fourth-order valence-electron chi connectivity index (χ4n) is 1.89.